The number of hydrogen-bond donors (Lipinski definition) is 1. The number of ether oxygens (including phenoxy) is 2. The number of esters is 1. The summed E-state index contributed by atoms with van der Waals surface area (Å²) in [5, 5.41) is 0.741. The van der Waals surface area contributed by atoms with Gasteiger partial charge in [-0.15, -0.1) is 0 Å². The van der Waals surface area contributed by atoms with Crippen molar-refractivity contribution in [3.05, 3.63) is 22.4 Å². The maximum atomic E-state index is 11.6. The van der Waals surface area contributed by atoms with Crippen LogP contribution in [0, 0.1) is 0 Å². The Morgan fingerprint density at radius 3 is 3.00 bits per heavy atom. The first kappa shape index (κ1) is 11.9. The lowest BCUT2D eigenvalue weighted by Crippen LogP contribution is -2.04. The van der Waals surface area contributed by atoms with Gasteiger partial charge >= 0.3 is 5.97 Å². The van der Waals surface area contributed by atoms with Crippen LogP contribution in [0.25, 0.3) is 10.9 Å². The molecule has 0 bridgehead atoms. The minimum absolute atomic E-state index is 0.338. The number of methoxy groups -OCH3 is 1. The highest BCUT2D eigenvalue weighted by Crippen LogP contribution is 2.29. The zero-order valence-corrected chi connectivity index (χ0v) is 11.0. The van der Waals surface area contributed by atoms with Gasteiger partial charge in [-0.1, -0.05) is 0 Å². The zero-order chi connectivity index (χ0) is 12.4. The number of rotatable bonds is 3. The van der Waals surface area contributed by atoms with Gasteiger partial charge in [-0.25, -0.2) is 9.78 Å². The average molecular weight is 299 g/mol. The molecule has 0 aromatic carbocycles. The molecule has 5 nitrogen and oxygen atoms in total. The van der Waals surface area contributed by atoms with Crippen LogP contribution < -0.4 is 4.74 Å². The van der Waals surface area contributed by atoms with Gasteiger partial charge < -0.3 is 14.5 Å². The van der Waals surface area contributed by atoms with Gasteiger partial charge in [-0.3, -0.25) is 0 Å². The lowest BCUT2D eigenvalue weighted by atomic mass is 10.3. The van der Waals surface area contributed by atoms with Gasteiger partial charge in [0.15, 0.2) is 0 Å². The summed E-state index contributed by atoms with van der Waals surface area (Å²) in [4.78, 5) is 18.7. The largest absolute Gasteiger partial charge is 0.481 e. The molecule has 2 aromatic heterocycles. The molecule has 90 valence electrons. The molecule has 2 heterocycles. The molecule has 2 rings (SSSR count). The normalized spacial score (nSPS) is 10.5. The molecule has 0 radical (unpaired) electrons. The molecule has 0 fully saturated rings. The average Bonchev–Trinajstić information content (AvgIpc) is 2.76. The molecule has 1 N–H and O–H groups in total. The molecule has 0 saturated heterocycles. The molecule has 6 heteroatoms. The Balaban J connectivity index is 2.56. The van der Waals surface area contributed by atoms with Gasteiger partial charge in [0.1, 0.15) is 5.69 Å². The van der Waals surface area contributed by atoms with E-state index in [1.165, 1.54) is 7.11 Å². The Morgan fingerprint density at radius 1 is 1.59 bits per heavy atom. The number of carbonyl (C=O) groups excluding carboxylic acids is 1. The van der Waals surface area contributed by atoms with Crippen LogP contribution in [0.15, 0.2) is 16.7 Å². The molecule has 0 aliphatic rings. The van der Waals surface area contributed by atoms with Crippen molar-refractivity contribution >= 4 is 32.8 Å². The molecular weight excluding hydrogens is 288 g/mol. The van der Waals surface area contributed by atoms with E-state index in [0.29, 0.717) is 18.2 Å². The van der Waals surface area contributed by atoms with Gasteiger partial charge in [-0.05, 0) is 28.9 Å². The van der Waals surface area contributed by atoms with Crippen LogP contribution in [0.1, 0.15) is 17.4 Å². The Morgan fingerprint density at radius 2 is 2.35 bits per heavy atom. The van der Waals surface area contributed by atoms with Gasteiger partial charge in [0.05, 0.1) is 29.1 Å². The Labute approximate surface area is 106 Å². The molecule has 0 aliphatic heterocycles. The van der Waals surface area contributed by atoms with Crippen molar-refractivity contribution in [2.45, 2.75) is 6.92 Å². The van der Waals surface area contributed by atoms with Crippen LogP contribution >= 0.6 is 15.9 Å². The number of carbonyl (C=O) groups is 1. The second-order valence-electron chi connectivity index (χ2n) is 3.31. The van der Waals surface area contributed by atoms with E-state index in [-0.39, 0.29) is 0 Å². The smallest absolute Gasteiger partial charge is 0.354 e. The van der Waals surface area contributed by atoms with Crippen LogP contribution in [0.3, 0.4) is 0 Å². The number of aromatic nitrogens is 2. The first-order valence-electron chi connectivity index (χ1n) is 5.05. The molecule has 0 aliphatic carbocycles. The van der Waals surface area contributed by atoms with E-state index >= 15 is 0 Å². The van der Waals surface area contributed by atoms with E-state index in [9.17, 15) is 4.79 Å². The van der Waals surface area contributed by atoms with E-state index < -0.39 is 5.97 Å². The van der Waals surface area contributed by atoms with Crippen molar-refractivity contribution in [3.8, 4) is 5.88 Å². The van der Waals surface area contributed by atoms with Crippen molar-refractivity contribution in [2.24, 2.45) is 0 Å². The standard InChI is InChI=1S/C11H11BrN2O3/c1-3-17-11(15)8-4-6-9(14-8)7(12)5-13-10(6)16-2/h4-5,14H,3H2,1-2H3. The maximum absolute atomic E-state index is 11.6. The fraction of sp³-hybridized carbons (Fsp3) is 0.273. The summed E-state index contributed by atoms with van der Waals surface area (Å²) in [5.74, 6) is 0.0765. The minimum Gasteiger partial charge on any atom is -0.481 e. The zero-order valence-electron chi connectivity index (χ0n) is 9.41. The highest BCUT2D eigenvalue weighted by molar-refractivity contribution is 9.10. The van der Waals surface area contributed by atoms with E-state index in [0.717, 1.165) is 15.4 Å². The number of fused-ring (bicyclic) bond motifs is 1. The fourth-order valence-corrected chi connectivity index (χ4v) is 1.96. The SMILES string of the molecule is CCOC(=O)c1cc2c(OC)ncc(Br)c2[nH]1. The number of nitrogens with one attached hydrogen (secondary N) is 1. The van der Waals surface area contributed by atoms with Crippen LogP contribution in [0.4, 0.5) is 0 Å². The quantitative estimate of drug-likeness (QED) is 0.884. The number of nitrogens with zero attached hydrogens (tertiary/aromatic N) is 1. The van der Waals surface area contributed by atoms with Crippen molar-refractivity contribution in [1.82, 2.24) is 9.97 Å². The summed E-state index contributed by atoms with van der Waals surface area (Å²) >= 11 is 3.36. The van der Waals surface area contributed by atoms with Crippen LogP contribution in [0.5, 0.6) is 5.88 Å². The summed E-state index contributed by atoms with van der Waals surface area (Å²) in [5.41, 5.74) is 1.15. The van der Waals surface area contributed by atoms with Crippen molar-refractivity contribution in [2.75, 3.05) is 13.7 Å². The topological polar surface area (TPSA) is 64.2 Å². The third kappa shape index (κ3) is 2.12. The fourth-order valence-electron chi connectivity index (χ4n) is 1.54. The molecular formula is C11H11BrN2O3. The third-order valence-corrected chi connectivity index (χ3v) is 2.87. The van der Waals surface area contributed by atoms with E-state index in [4.69, 9.17) is 9.47 Å². The first-order chi connectivity index (χ1) is 8.17. The van der Waals surface area contributed by atoms with Crippen LogP contribution in [-0.4, -0.2) is 29.7 Å². The predicted octanol–water partition coefficient (Wildman–Crippen LogP) is 2.51. The number of hydrogen-bond acceptors (Lipinski definition) is 4. The van der Waals surface area contributed by atoms with E-state index in [1.807, 2.05) is 0 Å². The Bertz CT molecular complexity index is 565. The summed E-state index contributed by atoms with van der Waals surface area (Å²) in [6, 6.07) is 1.67. The lowest BCUT2D eigenvalue weighted by molar-refractivity contribution is 0.0520. The second kappa shape index (κ2) is 4.75. The van der Waals surface area contributed by atoms with Gasteiger partial charge in [0.2, 0.25) is 5.88 Å². The molecule has 0 saturated carbocycles. The summed E-state index contributed by atoms with van der Waals surface area (Å²) < 4.78 is 10.8. The first-order valence-corrected chi connectivity index (χ1v) is 5.85. The number of H-pyrrole nitrogens is 1. The molecule has 17 heavy (non-hydrogen) atoms. The summed E-state index contributed by atoms with van der Waals surface area (Å²) in [7, 11) is 1.53. The maximum Gasteiger partial charge on any atom is 0.354 e. The summed E-state index contributed by atoms with van der Waals surface area (Å²) in [6.45, 7) is 2.10. The number of pyridine rings is 1. The van der Waals surface area contributed by atoms with Crippen molar-refractivity contribution < 1.29 is 14.3 Å². The number of halogens is 1. The molecule has 0 unspecified atom stereocenters. The van der Waals surface area contributed by atoms with Crippen LogP contribution in [-0.2, 0) is 4.74 Å². The third-order valence-electron chi connectivity index (χ3n) is 2.27. The van der Waals surface area contributed by atoms with Gasteiger partial charge in [0.25, 0.3) is 0 Å². The monoisotopic (exact) mass is 298 g/mol. The lowest BCUT2D eigenvalue weighted by Gasteiger charge is -2.00. The van der Waals surface area contributed by atoms with E-state index in [2.05, 4.69) is 25.9 Å². The minimum atomic E-state index is -0.391. The van der Waals surface area contributed by atoms with Gasteiger partial charge in [-0.2, -0.15) is 0 Å². The highest BCUT2D eigenvalue weighted by atomic mass is 79.9. The van der Waals surface area contributed by atoms with Crippen LogP contribution in [0.2, 0.25) is 0 Å². The van der Waals surface area contributed by atoms with Crippen molar-refractivity contribution in [1.29, 1.82) is 0 Å². The van der Waals surface area contributed by atoms with E-state index in [1.54, 1.807) is 19.2 Å². The Kier molecular flexibility index (Phi) is 3.33. The highest BCUT2D eigenvalue weighted by Gasteiger charge is 2.15. The van der Waals surface area contributed by atoms with Crippen molar-refractivity contribution in [3.63, 3.8) is 0 Å². The molecule has 0 atom stereocenters. The molecule has 0 amide bonds. The summed E-state index contributed by atoms with van der Waals surface area (Å²) in [6.07, 6.45) is 1.62. The molecule has 0 spiro atoms. The van der Waals surface area contributed by atoms with Gasteiger partial charge in [0, 0.05) is 6.20 Å². The number of aromatic amines is 1. The Hall–Kier alpha value is -1.56. The predicted molar refractivity (Wildman–Crippen MR) is 66.3 cm³/mol. The molecule has 2 aromatic rings. The second-order valence-corrected chi connectivity index (χ2v) is 4.16.